The minimum absolute atomic E-state index is 0.277. The van der Waals surface area contributed by atoms with Crippen molar-refractivity contribution in [2.24, 2.45) is 0 Å². The lowest BCUT2D eigenvalue weighted by molar-refractivity contribution is -0.122. The number of likely N-dealkylation sites (N-methyl/N-ethyl adjacent to an activating group) is 1. The average Bonchev–Trinajstić information content (AvgIpc) is 2.54. The molecule has 1 aromatic rings. The molecule has 88 valence electrons. The van der Waals surface area contributed by atoms with Crippen LogP contribution in [0.2, 0.25) is 5.02 Å². The second kappa shape index (κ2) is 4.59. The van der Waals surface area contributed by atoms with Gasteiger partial charge in [-0.05, 0) is 30.7 Å². The van der Waals surface area contributed by atoms with E-state index in [1.54, 1.807) is 31.2 Å². The molecule has 1 aromatic carbocycles. The normalized spacial score (nSPS) is 17.8. The Morgan fingerprint density at radius 1 is 1.41 bits per heavy atom. The van der Waals surface area contributed by atoms with Crippen molar-refractivity contribution in [3.8, 4) is 0 Å². The summed E-state index contributed by atoms with van der Waals surface area (Å²) in [5, 5.41) is 3.11. The number of halogens is 1. The van der Waals surface area contributed by atoms with Crippen LogP contribution in [0.15, 0.2) is 30.0 Å². The zero-order chi connectivity index (χ0) is 12.4. The lowest BCUT2D eigenvalue weighted by atomic mass is 10.2. The van der Waals surface area contributed by atoms with Crippen LogP contribution < -0.4 is 5.32 Å². The first-order chi connectivity index (χ1) is 8.11. The highest BCUT2D eigenvalue weighted by atomic mass is 35.5. The van der Waals surface area contributed by atoms with Crippen LogP contribution in [0.25, 0.3) is 6.08 Å². The fourth-order valence-corrected chi connectivity index (χ4v) is 1.82. The van der Waals surface area contributed by atoms with Gasteiger partial charge in [0, 0.05) is 11.6 Å². The zero-order valence-electron chi connectivity index (χ0n) is 9.24. The van der Waals surface area contributed by atoms with Crippen LogP contribution in [0.4, 0.5) is 4.79 Å². The van der Waals surface area contributed by atoms with Crippen LogP contribution in [0, 0.1) is 0 Å². The summed E-state index contributed by atoms with van der Waals surface area (Å²) in [6, 6.07) is 6.69. The lowest BCUT2D eigenvalue weighted by Crippen LogP contribution is -2.30. The van der Waals surface area contributed by atoms with Crippen molar-refractivity contribution in [2.45, 2.75) is 6.92 Å². The number of rotatable bonds is 2. The molecule has 1 N–H and O–H groups in total. The number of hydrogen-bond acceptors (Lipinski definition) is 2. The molecule has 17 heavy (non-hydrogen) atoms. The van der Waals surface area contributed by atoms with Gasteiger partial charge < -0.3 is 5.32 Å². The molecule has 0 radical (unpaired) electrons. The molecule has 3 amide bonds. The predicted molar refractivity (Wildman–Crippen MR) is 65.3 cm³/mol. The first kappa shape index (κ1) is 11.7. The van der Waals surface area contributed by atoms with E-state index in [1.807, 2.05) is 6.07 Å². The van der Waals surface area contributed by atoms with E-state index in [4.69, 9.17) is 11.6 Å². The van der Waals surface area contributed by atoms with Gasteiger partial charge in [0.2, 0.25) is 0 Å². The Labute approximate surface area is 104 Å². The van der Waals surface area contributed by atoms with E-state index < -0.39 is 0 Å². The molecular weight excluding hydrogens is 240 g/mol. The van der Waals surface area contributed by atoms with Gasteiger partial charge in [0.1, 0.15) is 5.70 Å². The number of carbonyl (C=O) groups is 2. The van der Waals surface area contributed by atoms with E-state index in [9.17, 15) is 9.59 Å². The van der Waals surface area contributed by atoms with E-state index in [0.29, 0.717) is 11.6 Å². The van der Waals surface area contributed by atoms with Crippen molar-refractivity contribution in [2.75, 3.05) is 6.54 Å². The number of amides is 3. The van der Waals surface area contributed by atoms with Crippen molar-refractivity contribution in [1.82, 2.24) is 10.2 Å². The van der Waals surface area contributed by atoms with E-state index >= 15 is 0 Å². The second-order valence-corrected chi connectivity index (χ2v) is 4.03. The van der Waals surface area contributed by atoms with E-state index in [1.165, 1.54) is 0 Å². The summed E-state index contributed by atoms with van der Waals surface area (Å²) in [5.74, 6) is -0.308. The third kappa shape index (κ3) is 2.31. The summed E-state index contributed by atoms with van der Waals surface area (Å²) in [5.41, 5.74) is 1.05. The summed E-state index contributed by atoms with van der Waals surface area (Å²) in [6.45, 7) is 2.11. The number of urea groups is 1. The Bertz CT molecular complexity index is 511. The number of benzene rings is 1. The minimum Gasteiger partial charge on any atom is -0.303 e. The van der Waals surface area contributed by atoms with Gasteiger partial charge in [-0.15, -0.1) is 0 Å². The molecule has 0 aliphatic carbocycles. The third-order valence-electron chi connectivity index (χ3n) is 2.44. The number of hydrogen-bond donors (Lipinski definition) is 1. The molecule has 2 rings (SSSR count). The van der Waals surface area contributed by atoms with Gasteiger partial charge in [-0.25, -0.2) is 4.79 Å². The standard InChI is InChI=1S/C12H11ClN2O2/c1-2-15-11(16)10(14-12(15)17)7-8-4-3-5-9(13)6-8/h3-7H,2H2,1H3,(H,14,17). The lowest BCUT2D eigenvalue weighted by Gasteiger charge is -2.06. The fraction of sp³-hybridized carbons (Fsp3) is 0.167. The Hall–Kier alpha value is -1.81. The highest BCUT2D eigenvalue weighted by Crippen LogP contribution is 2.16. The van der Waals surface area contributed by atoms with Gasteiger partial charge in [-0.1, -0.05) is 23.7 Å². The highest BCUT2D eigenvalue weighted by Gasteiger charge is 2.31. The molecule has 0 unspecified atom stereocenters. The quantitative estimate of drug-likeness (QED) is 0.647. The second-order valence-electron chi connectivity index (χ2n) is 3.59. The molecule has 0 atom stereocenters. The molecule has 1 saturated heterocycles. The summed E-state index contributed by atoms with van der Waals surface area (Å²) >= 11 is 5.84. The van der Waals surface area contributed by atoms with Crippen molar-refractivity contribution in [3.05, 3.63) is 40.5 Å². The van der Waals surface area contributed by atoms with Gasteiger partial charge >= 0.3 is 6.03 Å². The van der Waals surface area contributed by atoms with E-state index in [0.717, 1.165) is 10.5 Å². The minimum atomic E-state index is -0.384. The maximum absolute atomic E-state index is 11.8. The number of carbonyl (C=O) groups excluding carboxylic acids is 2. The molecule has 0 saturated carbocycles. The number of nitrogens with one attached hydrogen (secondary N) is 1. The van der Waals surface area contributed by atoms with Crippen molar-refractivity contribution in [3.63, 3.8) is 0 Å². The summed E-state index contributed by atoms with van der Waals surface area (Å²) in [6.07, 6.45) is 1.61. The Balaban J connectivity index is 2.30. The zero-order valence-corrected chi connectivity index (χ0v) is 9.99. The Morgan fingerprint density at radius 3 is 2.76 bits per heavy atom. The maximum Gasteiger partial charge on any atom is 0.328 e. The first-order valence-electron chi connectivity index (χ1n) is 5.22. The largest absolute Gasteiger partial charge is 0.328 e. The van der Waals surface area contributed by atoms with Crippen LogP contribution in [0.3, 0.4) is 0 Å². The maximum atomic E-state index is 11.8. The van der Waals surface area contributed by atoms with Gasteiger partial charge in [0.15, 0.2) is 0 Å². The monoisotopic (exact) mass is 250 g/mol. The average molecular weight is 251 g/mol. The summed E-state index contributed by atoms with van der Waals surface area (Å²) in [7, 11) is 0. The van der Waals surface area contributed by atoms with Crippen molar-refractivity contribution < 1.29 is 9.59 Å². The molecule has 4 nitrogen and oxygen atoms in total. The fourth-order valence-electron chi connectivity index (χ4n) is 1.62. The van der Waals surface area contributed by atoms with Crippen LogP contribution in [0.1, 0.15) is 12.5 Å². The van der Waals surface area contributed by atoms with Crippen molar-refractivity contribution in [1.29, 1.82) is 0 Å². The predicted octanol–water partition coefficient (Wildman–Crippen LogP) is 2.25. The molecular formula is C12H11ClN2O2. The summed E-state index contributed by atoms with van der Waals surface area (Å²) < 4.78 is 0. The van der Waals surface area contributed by atoms with Gasteiger partial charge in [0.05, 0.1) is 0 Å². The SMILES string of the molecule is CCN1C(=O)NC(=Cc2cccc(Cl)c2)C1=O. The molecule has 1 aliphatic heterocycles. The third-order valence-corrected chi connectivity index (χ3v) is 2.67. The summed E-state index contributed by atoms with van der Waals surface area (Å²) in [4.78, 5) is 24.3. The van der Waals surface area contributed by atoms with E-state index in [2.05, 4.69) is 5.32 Å². The van der Waals surface area contributed by atoms with Crippen LogP contribution >= 0.6 is 11.6 Å². The van der Waals surface area contributed by atoms with Gasteiger partial charge in [-0.2, -0.15) is 0 Å². The van der Waals surface area contributed by atoms with Crippen LogP contribution in [-0.2, 0) is 4.79 Å². The van der Waals surface area contributed by atoms with Gasteiger partial charge in [-0.3, -0.25) is 9.69 Å². The number of nitrogens with zero attached hydrogens (tertiary/aromatic N) is 1. The van der Waals surface area contributed by atoms with Gasteiger partial charge in [0.25, 0.3) is 5.91 Å². The number of imide groups is 1. The topological polar surface area (TPSA) is 49.4 Å². The first-order valence-corrected chi connectivity index (χ1v) is 5.59. The van der Waals surface area contributed by atoms with E-state index in [-0.39, 0.29) is 17.6 Å². The molecule has 1 fully saturated rings. The molecule has 1 heterocycles. The molecule has 5 heteroatoms. The molecule has 0 aromatic heterocycles. The molecule has 1 aliphatic rings. The molecule has 0 bridgehead atoms. The Kier molecular flexibility index (Phi) is 3.15. The smallest absolute Gasteiger partial charge is 0.303 e. The highest BCUT2D eigenvalue weighted by molar-refractivity contribution is 6.30. The Morgan fingerprint density at radius 2 is 2.18 bits per heavy atom. The van der Waals surface area contributed by atoms with Crippen LogP contribution in [0.5, 0.6) is 0 Å². The van der Waals surface area contributed by atoms with Crippen LogP contribution in [-0.4, -0.2) is 23.4 Å². The van der Waals surface area contributed by atoms with Crippen molar-refractivity contribution >= 4 is 29.6 Å². The molecule has 0 spiro atoms.